The number of nitrogens with two attached hydrogens (primary N) is 1. The Morgan fingerprint density at radius 1 is 1.11 bits per heavy atom. The summed E-state index contributed by atoms with van der Waals surface area (Å²) in [6, 6.07) is 7.52. The summed E-state index contributed by atoms with van der Waals surface area (Å²) in [5.74, 6) is -2.76. The van der Waals surface area contributed by atoms with E-state index in [0.717, 1.165) is 18.2 Å². The SMILES string of the molecule is COc1ccc(Cl)cc1C(=O)NNC(=O)COC(=O)c1ccc(F)cc1N. The van der Waals surface area contributed by atoms with Crippen LogP contribution in [-0.2, 0) is 9.53 Å². The number of carbonyl (C=O) groups excluding carboxylic acids is 3. The van der Waals surface area contributed by atoms with Crippen LogP contribution in [0.2, 0.25) is 5.02 Å². The van der Waals surface area contributed by atoms with Crippen molar-refractivity contribution in [3.8, 4) is 5.75 Å². The Morgan fingerprint density at radius 2 is 1.85 bits per heavy atom. The van der Waals surface area contributed by atoms with Crippen molar-refractivity contribution >= 4 is 35.1 Å². The minimum Gasteiger partial charge on any atom is -0.496 e. The number of methoxy groups -OCH3 is 1. The summed E-state index contributed by atoms with van der Waals surface area (Å²) in [4.78, 5) is 35.7. The predicted octanol–water partition coefficient (Wildman–Crippen LogP) is 1.69. The van der Waals surface area contributed by atoms with Crippen molar-refractivity contribution in [1.29, 1.82) is 0 Å². The van der Waals surface area contributed by atoms with Crippen LogP contribution in [0.4, 0.5) is 10.1 Å². The van der Waals surface area contributed by atoms with Crippen LogP contribution in [0.1, 0.15) is 20.7 Å². The topological polar surface area (TPSA) is 120 Å². The van der Waals surface area contributed by atoms with Gasteiger partial charge in [0.25, 0.3) is 11.8 Å². The van der Waals surface area contributed by atoms with Gasteiger partial charge in [-0.15, -0.1) is 0 Å². The van der Waals surface area contributed by atoms with Crippen molar-refractivity contribution < 1.29 is 28.2 Å². The molecule has 2 rings (SSSR count). The molecule has 0 radical (unpaired) electrons. The zero-order valence-corrected chi connectivity index (χ0v) is 14.8. The van der Waals surface area contributed by atoms with E-state index in [1.807, 2.05) is 0 Å². The highest BCUT2D eigenvalue weighted by atomic mass is 35.5. The van der Waals surface area contributed by atoms with Crippen LogP contribution in [0.5, 0.6) is 5.75 Å². The molecule has 0 atom stereocenters. The second kappa shape index (κ2) is 8.86. The van der Waals surface area contributed by atoms with Gasteiger partial charge in [0, 0.05) is 10.7 Å². The Balaban J connectivity index is 1.88. The fourth-order valence-electron chi connectivity index (χ4n) is 2.02. The van der Waals surface area contributed by atoms with Crippen molar-refractivity contribution in [2.75, 3.05) is 19.5 Å². The summed E-state index contributed by atoms with van der Waals surface area (Å²) < 4.78 is 22.8. The number of hydrazine groups is 1. The molecule has 0 aliphatic rings. The van der Waals surface area contributed by atoms with E-state index in [4.69, 9.17) is 26.8 Å². The van der Waals surface area contributed by atoms with Gasteiger partial charge in [-0.3, -0.25) is 20.4 Å². The highest BCUT2D eigenvalue weighted by Crippen LogP contribution is 2.22. The van der Waals surface area contributed by atoms with Gasteiger partial charge in [0.05, 0.1) is 18.2 Å². The standard InChI is InChI=1S/C17H15ClFN3O5/c1-26-14-5-2-9(18)6-12(14)16(24)22-21-15(23)8-27-17(25)11-4-3-10(19)7-13(11)20/h2-7H,8,20H2,1H3,(H,21,23)(H,22,24). The number of carbonyl (C=O) groups is 3. The summed E-state index contributed by atoms with van der Waals surface area (Å²) in [5.41, 5.74) is 9.62. The molecule has 0 heterocycles. The van der Waals surface area contributed by atoms with Crippen LogP contribution in [-0.4, -0.2) is 31.5 Å². The predicted molar refractivity (Wildman–Crippen MR) is 94.7 cm³/mol. The largest absolute Gasteiger partial charge is 0.496 e. The molecule has 4 N–H and O–H groups in total. The summed E-state index contributed by atoms with van der Waals surface area (Å²) in [6.45, 7) is -0.692. The van der Waals surface area contributed by atoms with E-state index in [1.54, 1.807) is 0 Å². The smallest absolute Gasteiger partial charge is 0.340 e. The Labute approximate surface area is 158 Å². The van der Waals surface area contributed by atoms with Crippen LogP contribution in [0.15, 0.2) is 36.4 Å². The van der Waals surface area contributed by atoms with Gasteiger partial charge in [-0.05, 0) is 36.4 Å². The number of hydrogen-bond donors (Lipinski definition) is 3. The normalized spacial score (nSPS) is 10.0. The average Bonchev–Trinajstić information content (AvgIpc) is 2.64. The van der Waals surface area contributed by atoms with Gasteiger partial charge in [0.2, 0.25) is 0 Å². The van der Waals surface area contributed by atoms with Gasteiger partial charge in [0.1, 0.15) is 11.6 Å². The maximum atomic E-state index is 13.0. The molecule has 0 fully saturated rings. The molecule has 0 aliphatic heterocycles. The van der Waals surface area contributed by atoms with E-state index in [1.165, 1.54) is 25.3 Å². The summed E-state index contributed by atoms with van der Waals surface area (Å²) in [7, 11) is 1.37. The Hall–Kier alpha value is -3.33. The zero-order chi connectivity index (χ0) is 20.0. The number of ether oxygens (including phenoxy) is 2. The number of nitrogens with one attached hydrogen (secondary N) is 2. The first-order valence-electron chi connectivity index (χ1n) is 7.46. The molecule has 0 unspecified atom stereocenters. The second-order valence-corrected chi connectivity index (χ2v) is 5.59. The van der Waals surface area contributed by atoms with Crippen LogP contribution < -0.4 is 21.3 Å². The maximum Gasteiger partial charge on any atom is 0.340 e. The maximum absolute atomic E-state index is 13.0. The first-order chi connectivity index (χ1) is 12.8. The number of halogens is 2. The Kier molecular flexibility index (Phi) is 6.56. The molecule has 2 aromatic rings. The first kappa shape index (κ1) is 20.0. The van der Waals surface area contributed by atoms with Crippen LogP contribution >= 0.6 is 11.6 Å². The number of esters is 1. The van der Waals surface area contributed by atoms with Gasteiger partial charge >= 0.3 is 5.97 Å². The Morgan fingerprint density at radius 3 is 2.52 bits per heavy atom. The molecule has 27 heavy (non-hydrogen) atoms. The average molecular weight is 396 g/mol. The first-order valence-corrected chi connectivity index (χ1v) is 7.84. The van der Waals surface area contributed by atoms with E-state index in [2.05, 4.69) is 10.9 Å². The quantitative estimate of drug-likeness (QED) is 0.402. The molecule has 0 saturated carbocycles. The third-order valence-corrected chi connectivity index (χ3v) is 3.52. The molecule has 0 spiro atoms. The highest BCUT2D eigenvalue weighted by molar-refractivity contribution is 6.31. The van der Waals surface area contributed by atoms with Gasteiger partial charge in [0.15, 0.2) is 6.61 Å². The molecule has 0 aliphatic carbocycles. The molecule has 8 nitrogen and oxygen atoms in total. The number of benzene rings is 2. The molecule has 0 bridgehead atoms. The van der Waals surface area contributed by atoms with E-state index >= 15 is 0 Å². The van der Waals surface area contributed by atoms with E-state index in [9.17, 15) is 18.8 Å². The van der Waals surface area contributed by atoms with Gasteiger partial charge in [-0.2, -0.15) is 0 Å². The van der Waals surface area contributed by atoms with Gasteiger partial charge in [-0.25, -0.2) is 9.18 Å². The third-order valence-electron chi connectivity index (χ3n) is 3.29. The third kappa shape index (κ3) is 5.32. The van der Waals surface area contributed by atoms with Gasteiger partial charge in [-0.1, -0.05) is 11.6 Å². The number of hydrogen-bond acceptors (Lipinski definition) is 6. The van der Waals surface area contributed by atoms with E-state index in [-0.39, 0.29) is 22.6 Å². The number of rotatable bonds is 5. The van der Waals surface area contributed by atoms with E-state index < -0.39 is 30.2 Å². The second-order valence-electron chi connectivity index (χ2n) is 5.15. The molecular weight excluding hydrogens is 381 g/mol. The van der Waals surface area contributed by atoms with Crippen LogP contribution in [0.3, 0.4) is 0 Å². The Bertz CT molecular complexity index is 891. The fourth-order valence-corrected chi connectivity index (χ4v) is 2.19. The monoisotopic (exact) mass is 395 g/mol. The molecule has 2 aromatic carbocycles. The summed E-state index contributed by atoms with van der Waals surface area (Å²) >= 11 is 5.83. The lowest BCUT2D eigenvalue weighted by molar-refractivity contribution is -0.125. The molecular formula is C17H15ClFN3O5. The lowest BCUT2D eigenvalue weighted by atomic mass is 10.2. The van der Waals surface area contributed by atoms with Gasteiger partial charge < -0.3 is 15.2 Å². The highest BCUT2D eigenvalue weighted by Gasteiger charge is 2.16. The van der Waals surface area contributed by atoms with Crippen molar-refractivity contribution in [3.63, 3.8) is 0 Å². The summed E-state index contributed by atoms with van der Waals surface area (Å²) in [6.07, 6.45) is 0. The summed E-state index contributed by atoms with van der Waals surface area (Å²) in [5, 5.41) is 0.304. The number of nitrogen functional groups attached to an aromatic ring is 1. The molecule has 0 saturated heterocycles. The minimum absolute atomic E-state index is 0.0862. The lowest BCUT2D eigenvalue weighted by Gasteiger charge is -2.11. The van der Waals surface area contributed by atoms with E-state index in [0.29, 0.717) is 5.02 Å². The lowest BCUT2D eigenvalue weighted by Crippen LogP contribution is -2.43. The zero-order valence-electron chi connectivity index (χ0n) is 14.0. The van der Waals surface area contributed by atoms with Crippen molar-refractivity contribution in [2.45, 2.75) is 0 Å². The number of anilines is 1. The van der Waals surface area contributed by atoms with Crippen molar-refractivity contribution in [3.05, 3.63) is 58.4 Å². The van der Waals surface area contributed by atoms with Crippen LogP contribution in [0.25, 0.3) is 0 Å². The molecule has 2 amide bonds. The molecule has 10 heteroatoms. The minimum atomic E-state index is -0.912. The molecule has 142 valence electrons. The van der Waals surface area contributed by atoms with Crippen molar-refractivity contribution in [1.82, 2.24) is 10.9 Å². The van der Waals surface area contributed by atoms with Crippen molar-refractivity contribution in [2.24, 2.45) is 0 Å². The number of amides is 2. The molecule has 0 aromatic heterocycles. The fraction of sp³-hybridized carbons (Fsp3) is 0.118. The van der Waals surface area contributed by atoms with Crippen LogP contribution in [0, 0.1) is 5.82 Å².